The third-order valence-corrected chi connectivity index (χ3v) is 2.88. The summed E-state index contributed by atoms with van der Waals surface area (Å²) in [5.74, 6) is 1.11. The fraction of sp³-hybridized carbons (Fsp3) is 0.308. The number of rotatable bonds is 3. The van der Waals surface area contributed by atoms with Crippen molar-refractivity contribution >= 4 is 5.82 Å². The molecule has 1 atom stereocenters. The van der Waals surface area contributed by atoms with E-state index in [1.54, 1.807) is 43.1 Å². The number of hydrogen-bond donors (Lipinski definition) is 1. The number of halogens is 1. The SMILES string of the molecule is COc1cccc(C(C)F)c1-c1cc(N)n(C)n1. The molecule has 5 heteroatoms. The van der Waals surface area contributed by atoms with Gasteiger partial charge in [-0.15, -0.1) is 0 Å². The van der Waals surface area contributed by atoms with Crippen LogP contribution in [-0.2, 0) is 7.05 Å². The van der Waals surface area contributed by atoms with E-state index in [1.165, 1.54) is 6.92 Å². The number of methoxy groups -OCH3 is 1. The van der Waals surface area contributed by atoms with Gasteiger partial charge < -0.3 is 10.5 Å². The quantitative estimate of drug-likeness (QED) is 0.910. The summed E-state index contributed by atoms with van der Waals surface area (Å²) in [6.07, 6.45) is -1.10. The lowest BCUT2D eigenvalue weighted by Crippen LogP contribution is -1.98. The molecule has 0 radical (unpaired) electrons. The van der Waals surface area contributed by atoms with E-state index in [9.17, 15) is 4.39 Å². The van der Waals surface area contributed by atoms with E-state index in [-0.39, 0.29) is 0 Å². The van der Waals surface area contributed by atoms with Crippen molar-refractivity contribution in [2.24, 2.45) is 7.05 Å². The van der Waals surface area contributed by atoms with Crippen molar-refractivity contribution in [2.75, 3.05) is 12.8 Å². The number of nitrogens with two attached hydrogens (primary N) is 1. The summed E-state index contributed by atoms with van der Waals surface area (Å²) in [6.45, 7) is 1.49. The highest BCUT2D eigenvalue weighted by Crippen LogP contribution is 2.37. The number of alkyl halides is 1. The fourth-order valence-electron chi connectivity index (χ4n) is 1.93. The maximum atomic E-state index is 13.7. The van der Waals surface area contributed by atoms with Crippen molar-refractivity contribution < 1.29 is 9.13 Å². The zero-order chi connectivity index (χ0) is 13.3. The topological polar surface area (TPSA) is 53.1 Å². The van der Waals surface area contributed by atoms with Crippen LogP contribution in [0.15, 0.2) is 24.3 Å². The Morgan fingerprint density at radius 2 is 2.17 bits per heavy atom. The number of aryl methyl sites for hydroxylation is 1. The third kappa shape index (κ3) is 2.03. The number of benzene rings is 1. The van der Waals surface area contributed by atoms with Gasteiger partial charge in [0.1, 0.15) is 17.7 Å². The second-order valence-electron chi connectivity index (χ2n) is 4.12. The summed E-state index contributed by atoms with van der Waals surface area (Å²) >= 11 is 0. The minimum absolute atomic E-state index is 0.522. The van der Waals surface area contributed by atoms with E-state index in [2.05, 4.69) is 5.10 Å². The Kier molecular flexibility index (Phi) is 3.23. The first kappa shape index (κ1) is 12.4. The number of hydrogen-bond acceptors (Lipinski definition) is 3. The largest absolute Gasteiger partial charge is 0.496 e. The smallest absolute Gasteiger partial charge is 0.128 e. The molecule has 0 saturated heterocycles. The summed E-state index contributed by atoms with van der Waals surface area (Å²) in [5, 5.41) is 4.28. The van der Waals surface area contributed by atoms with Gasteiger partial charge in [0.2, 0.25) is 0 Å². The van der Waals surface area contributed by atoms with Crippen LogP contribution < -0.4 is 10.5 Å². The molecule has 0 bridgehead atoms. The molecule has 1 aromatic carbocycles. The molecule has 18 heavy (non-hydrogen) atoms. The zero-order valence-corrected chi connectivity index (χ0v) is 10.6. The van der Waals surface area contributed by atoms with Gasteiger partial charge in [-0.05, 0) is 18.6 Å². The van der Waals surface area contributed by atoms with Gasteiger partial charge in [-0.25, -0.2) is 4.39 Å². The molecule has 0 saturated carbocycles. The Bertz CT molecular complexity index is 544. The number of ether oxygens (including phenoxy) is 1. The molecular weight excluding hydrogens is 233 g/mol. The van der Waals surface area contributed by atoms with Crippen LogP contribution in [0.4, 0.5) is 10.2 Å². The Labute approximate surface area is 105 Å². The van der Waals surface area contributed by atoms with Gasteiger partial charge in [0.15, 0.2) is 0 Å². The number of nitrogen functional groups attached to an aromatic ring is 1. The number of anilines is 1. The first-order valence-corrected chi connectivity index (χ1v) is 5.65. The van der Waals surface area contributed by atoms with Crippen LogP contribution in [0, 0.1) is 0 Å². The molecule has 0 fully saturated rings. The molecule has 1 heterocycles. The highest BCUT2D eigenvalue weighted by molar-refractivity contribution is 5.73. The fourth-order valence-corrected chi connectivity index (χ4v) is 1.93. The molecule has 2 aromatic rings. The number of nitrogens with zero attached hydrogens (tertiary/aromatic N) is 2. The van der Waals surface area contributed by atoms with Gasteiger partial charge in [0, 0.05) is 13.1 Å². The standard InChI is InChI=1S/C13H16FN3O/c1-8(14)9-5-4-6-11(18-3)13(9)10-7-12(15)17(2)16-10/h4-8H,15H2,1-3H3. The van der Waals surface area contributed by atoms with Gasteiger partial charge in [-0.1, -0.05) is 12.1 Å². The van der Waals surface area contributed by atoms with Crippen LogP contribution >= 0.6 is 0 Å². The van der Waals surface area contributed by atoms with Crippen LogP contribution in [0.25, 0.3) is 11.3 Å². The summed E-state index contributed by atoms with van der Waals surface area (Å²) in [6, 6.07) is 6.99. The van der Waals surface area contributed by atoms with E-state index in [1.807, 2.05) is 0 Å². The molecule has 0 aliphatic rings. The van der Waals surface area contributed by atoms with Crippen molar-refractivity contribution in [3.8, 4) is 17.0 Å². The molecule has 96 valence electrons. The molecule has 0 aliphatic heterocycles. The second kappa shape index (κ2) is 4.68. The maximum Gasteiger partial charge on any atom is 0.128 e. The van der Waals surface area contributed by atoms with E-state index < -0.39 is 6.17 Å². The molecule has 0 amide bonds. The molecule has 2 rings (SSSR count). The Hall–Kier alpha value is -2.04. The Morgan fingerprint density at radius 1 is 1.44 bits per heavy atom. The zero-order valence-electron chi connectivity index (χ0n) is 10.6. The van der Waals surface area contributed by atoms with Crippen molar-refractivity contribution in [2.45, 2.75) is 13.1 Å². The van der Waals surface area contributed by atoms with Gasteiger partial charge in [0.25, 0.3) is 0 Å². The Morgan fingerprint density at radius 3 is 2.67 bits per heavy atom. The monoisotopic (exact) mass is 249 g/mol. The highest BCUT2D eigenvalue weighted by Gasteiger charge is 2.18. The maximum absolute atomic E-state index is 13.7. The summed E-state index contributed by atoms with van der Waals surface area (Å²) in [7, 11) is 3.30. The third-order valence-electron chi connectivity index (χ3n) is 2.88. The Balaban J connectivity index is 2.67. The van der Waals surface area contributed by atoms with Gasteiger partial charge in [0.05, 0.1) is 18.4 Å². The normalized spacial score (nSPS) is 12.4. The average molecular weight is 249 g/mol. The van der Waals surface area contributed by atoms with E-state index >= 15 is 0 Å². The minimum atomic E-state index is -1.10. The summed E-state index contributed by atoms with van der Waals surface area (Å²) < 4.78 is 20.5. The van der Waals surface area contributed by atoms with Crippen LogP contribution in [0.5, 0.6) is 5.75 Å². The van der Waals surface area contributed by atoms with Crippen LogP contribution in [0.1, 0.15) is 18.7 Å². The van der Waals surface area contributed by atoms with Gasteiger partial charge in [-0.3, -0.25) is 4.68 Å². The lowest BCUT2D eigenvalue weighted by atomic mass is 10.0. The summed E-state index contributed by atoms with van der Waals surface area (Å²) in [4.78, 5) is 0. The lowest BCUT2D eigenvalue weighted by Gasteiger charge is -2.12. The molecule has 4 nitrogen and oxygen atoms in total. The van der Waals surface area contributed by atoms with E-state index in [4.69, 9.17) is 10.5 Å². The number of aromatic nitrogens is 2. The lowest BCUT2D eigenvalue weighted by molar-refractivity contribution is 0.371. The minimum Gasteiger partial charge on any atom is -0.496 e. The van der Waals surface area contributed by atoms with Crippen molar-refractivity contribution in [3.05, 3.63) is 29.8 Å². The molecular formula is C13H16FN3O. The molecule has 2 N–H and O–H groups in total. The molecule has 1 aromatic heterocycles. The highest BCUT2D eigenvalue weighted by atomic mass is 19.1. The van der Waals surface area contributed by atoms with Crippen molar-refractivity contribution in [3.63, 3.8) is 0 Å². The average Bonchev–Trinajstić information content (AvgIpc) is 2.68. The van der Waals surface area contributed by atoms with Gasteiger partial charge in [-0.2, -0.15) is 5.10 Å². The summed E-state index contributed by atoms with van der Waals surface area (Å²) in [5.41, 5.74) is 7.58. The van der Waals surface area contributed by atoms with E-state index in [0.717, 1.165) is 0 Å². The molecule has 0 aliphatic carbocycles. The van der Waals surface area contributed by atoms with Crippen molar-refractivity contribution in [1.29, 1.82) is 0 Å². The van der Waals surface area contributed by atoms with Crippen LogP contribution in [0.2, 0.25) is 0 Å². The van der Waals surface area contributed by atoms with Gasteiger partial charge >= 0.3 is 0 Å². The van der Waals surface area contributed by atoms with Crippen LogP contribution in [-0.4, -0.2) is 16.9 Å². The van der Waals surface area contributed by atoms with E-state index in [0.29, 0.717) is 28.4 Å². The second-order valence-corrected chi connectivity index (χ2v) is 4.12. The molecule has 0 spiro atoms. The predicted octanol–water partition coefficient (Wildman–Crippen LogP) is 2.71. The van der Waals surface area contributed by atoms with Crippen molar-refractivity contribution in [1.82, 2.24) is 9.78 Å². The first-order chi connectivity index (χ1) is 8.54. The first-order valence-electron chi connectivity index (χ1n) is 5.65. The molecule has 1 unspecified atom stereocenters. The van der Waals surface area contributed by atoms with Crippen LogP contribution in [0.3, 0.4) is 0 Å². The predicted molar refractivity (Wildman–Crippen MR) is 69.1 cm³/mol.